The van der Waals surface area contributed by atoms with Crippen LogP contribution in [0, 0.1) is 11.6 Å². The summed E-state index contributed by atoms with van der Waals surface area (Å²) in [4.78, 5) is 0. The molecule has 1 unspecified atom stereocenters. The molecule has 0 spiro atoms. The maximum atomic E-state index is 13.0. The van der Waals surface area contributed by atoms with Crippen LogP contribution in [0.2, 0.25) is 0 Å². The molecule has 0 saturated carbocycles. The Labute approximate surface area is 82.4 Å². The third-order valence-electron chi connectivity index (χ3n) is 1.85. The van der Waals surface area contributed by atoms with Crippen molar-refractivity contribution in [1.82, 2.24) is 0 Å². The molecule has 0 aliphatic heterocycles. The zero-order valence-electron chi connectivity index (χ0n) is 7.26. The average Bonchev–Trinajstić information content (AvgIpc) is 2.03. The maximum absolute atomic E-state index is 13.0. The van der Waals surface area contributed by atoms with E-state index >= 15 is 0 Å². The fraction of sp³-hybridized carbons (Fsp3) is 0.333. The molecule has 1 rings (SSSR count). The maximum Gasteiger partial charge on any atom is 0.129 e. The molecule has 0 bridgehead atoms. The second kappa shape index (κ2) is 5.14. The SMILES string of the molecule is CC(CN)c1c(F)cccc1F.Cl. The Morgan fingerprint density at radius 1 is 1.31 bits per heavy atom. The molecule has 0 heterocycles. The van der Waals surface area contributed by atoms with Crippen LogP contribution < -0.4 is 5.73 Å². The van der Waals surface area contributed by atoms with Gasteiger partial charge in [-0.2, -0.15) is 0 Å². The summed E-state index contributed by atoms with van der Waals surface area (Å²) >= 11 is 0. The molecule has 4 heteroatoms. The second-order valence-corrected chi connectivity index (χ2v) is 2.77. The molecule has 74 valence electrons. The van der Waals surface area contributed by atoms with Crippen molar-refractivity contribution in [2.24, 2.45) is 5.73 Å². The Hall–Kier alpha value is -0.670. The summed E-state index contributed by atoms with van der Waals surface area (Å²) < 4.78 is 26.0. The Kier molecular flexibility index (Phi) is 4.88. The van der Waals surface area contributed by atoms with Crippen molar-refractivity contribution in [3.8, 4) is 0 Å². The minimum Gasteiger partial charge on any atom is -0.330 e. The lowest BCUT2D eigenvalue weighted by Gasteiger charge is -2.10. The van der Waals surface area contributed by atoms with E-state index in [9.17, 15) is 8.78 Å². The third kappa shape index (κ3) is 2.64. The van der Waals surface area contributed by atoms with E-state index < -0.39 is 11.6 Å². The quantitative estimate of drug-likeness (QED) is 0.792. The first-order valence-corrected chi connectivity index (χ1v) is 3.80. The van der Waals surface area contributed by atoms with Gasteiger partial charge in [0.2, 0.25) is 0 Å². The van der Waals surface area contributed by atoms with E-state index in [0.717, 1.165) is 0 Å². The lowest BCUT2D eigenvalue weighted by molar-refractivity contribution is 0.534. The van der Waals surface area contributed by atoms with Crippen LogP contribution in [-0.4, -0.2) is 6.54 Å². The van der Waals surface area contributed by atoms with E-state index in [1.807, 2.05) is 0 Å². The van der Waals surface area contributed by atoms with Crippen molar-refractivity contribution in [2.75, 3.05) is 6.54 Å². The summed E-state index contributed by atoms with van der Waals surface area (Å²) in [6, 6.07) is 3.83. The van der Waals surface area contributed by atoms with Gasteiger partial charge in [0.05, 0.1) is 0 Å². The minimum atomic E-state index is -0.520. The monoisotopic (exact) mass is 207 g/mol. The third-order valence-corrected chi connectivity index (χ3v) is 1.85. The van der Waals surface area contributed by atoms with Crippen molar-refractivity contribution in [3.63, 3.8) is 0 Å². The summed E-state index contributed by atoms with van der Waals surface area (Å²) in [5.74, 6) is -1.31. The van der Waals surface area contributed by atoms with Crippen LogP contribution in [0.15, 0.2) is 18.2 Å². The van der Waals surface area contributed by atoms with Gasteiger partial charge in [0, 0.05) is 5.56 Å². The van der Waals surface area contributed by atoms with Crippen molar-refractivity contribution >= 4 is 12.4 Å². The van der Waals surface area contributed by atoms with Crippen LogP contribution in [0.5, 0.6) is 0 Å². The molecule has 0 fully saturated rings. The Balaban J connectivity index is 0.00000144. The van der Waals surface area contributed by atoms with Gasteiger partial charge in [0.15, 0.2) is 0 Å². The smallest absolute Gasteiger partial charge is 0.129 e. The number of nitrogens with two attached hydrogens (primary N) is 1. The van der Waals surface area contributed by atoms with E-state index in [2.05, 4.69) is 0 Å². The van der Waals surface area contributed by atoms with Gasteiger partial charge in [-0.25, -0.2) is 8.78 Å². The first-order valence-electron chi connectivity index (χ1n) is 3.80. The Bertz CT molecular complexity index is 258. The van der Waals surface area contributed by atoms with E-state index in [1.54, 1.807) is 6.92 Å². The lowest BCUT2D eigenvalue weighted by atomic mass is 10.0. The zero-order chi connectivity index (χ0) is 9.14. The second-order valence-electron chi connectivity index (χ2n) is 2.77. The van der Waals surface area contributed by atoms with E-state index in [0.29, 0.717) is 0 Å². The van der Waals surface area contributed by atoms with Crippen molar-refractivity contribution in [1.29, 1.82) is 0 Å². The number of benzene rings is 1. The van der Waals surface area contributed by atoms with Crippen LogP contribution in [0.25, 0.3) is 0 Å². The standard InChI is InChI=1S/C9H11F2N.ClH/c1-6(5-12)9-7(10)3-2-4-8(9)11;/h2-4,6H,5,12H2,1H3;1H. The van der Waals surface area contributed by atoms with Gasteiger partial charge in [0.25, 0.3) is 0 Å². The van der Waals surface area contributed by atoms with Gasteiger partial charge >= 0.3 is 0 Å². The highest BCUT2D eigenvalue weighted by molar-refractivity contribution is 5.85. The van der Waals surface area contributed by atoms with Crippen LogP contribution in [0.4, 0.5) is 8.78 Å². The molecule has 1 aromatic carbocycles. The molecule has 2 N–H and O–H groups in total. The molecule has 1 nitrogen and oxygen atoms in total. The molecule has 0 aliphatic carbocycles. The summed E-state index contributed by atoms with van der Waals surface area (Å²) in [6.45, 7) is 1.94. The Morgan fingerprint density at radius 3 is 2.15 bits per heavy atom. The summed E-state index contributed by atoms with van der Waals surface area (Å²) in [5, 5.41) is 0. The van der Waals surface area contributed by atoms with Gasteiger partial charge in [-0.3, -0.25) is 0 Å². The molecule has 0 saturated heterocycles. The molecule has 0 aliphatic rings. The fourth-order valence-electron chi connectivity index (χ4n) is 1.10. The minimum absolute atomic E-state index is 0. The van der Waals surface area contributed by atoms with Gasteiger partial charge < -0.3 is 5.73 Å². The van der Waals surface area contributed by atoms with E-state index in [4.69, 9.17) is 5.73 Å². The van der Waals surface area contributed by atoms with E-state index in [1.165, 1.54) is 18.2 Å². The predicted octanol–water partition coefficient (Wildman–Crippen LogP) is 2.45. The number of hydrogen-bond acceptors (Lipinski definition) is 1. The molecular weight excluding hydrogens is 196 g/mol. The van der Waals surface area contributed by atoms with Gasteiger partial charge in [0.1, 0.15) is 11.6 Å². The Morgan fingerprint density at radius 2 is 1.77 bits per heavy atom. The molecule has 0 radical (unpaired) electrons. The molecule has 0 aromatic heterocycles. The molecule has 0 amide bonds. The highest BCUT2D eigenvalue weighted by Crippen LogP contribution is 2.20. The first-order chi connectivity index (χ1) is 5.66. The van der Waals surface area contributed by atoms with Gasteiger partial charge in [-0.1, -0.05) is 13.0 Å². The molecule has 13 heavy (non-hydrogen) atoms. The van der Waals surface area contributed by atoms with Crippen molar-refractivity contribution in [3.05, 3.63) is 35.4 Å². The first kappa shape index (κ1) is 12.3. The van der Waals surface area contributed by atoms with Crippen LogP contribution in [0.1, 0.15) is 18.4 Å². The van der Waals surface area contributed by atoms with E-state index in [-0.39, 0.29) is 30.4 Å². The van der Waals surface area contributed by atoms with Crippen molar-refractivity contribution < 1.29 is 8.78 Å². The normalized spacial score (nSPS) is 12.0. The molecule has 1 atom stereocenters. The van der Waals surface area contributed by atoms with Crippen LogP contribution >= 0.6 is 12.4 Å². The zero-order valence-corrected chi connectivity index (χ0v) is 8.07. The highest BCUT2D eigenvalue weighted by Gasteiger charge is 2.13. The summed E-state index contributed by atoms with van der Waals surface area (Å²) in [5.41, 5.74) is 5.39. The van der Waals surface area contributed by atoms with Gasteiger partial charge in [-0.05, 0) is 24.6 Å². The van der Waals surface area contributed by atoms with Crippen LogP contribution in [0.3, 0.4) is 0 Å². The summed E-state index contributed by atoms with van der Waals surface area (Å²) in [7, 11) is 0. The van der Waals surface area contributed by atoms with Gasteiger partial charge in [-0.15, -0.1) is 12.4 Å². The lowest BCUT2D eigenvalue weighted by Crippen LogP contribution is -2.12. The van der Waals surface area contributed by atoms with Crippen molar-refractivity contribution in [2.45, 2.75) is 12.8 Å². The number of rotatable bonds is 2. The predicted molar refractivity (Wildman–Crippen MR) is 51.1 cm³/mol. The number of halogens is 3. The van der Waals surface area contributed by atoms with Crippen LogP contribution in [-0.2, 0) is 0 Å². The average molecular weight is 208 g/mol. The highest BCUT2D eigenvalue weighted by atomic mass is 35.5. The summed E-state index contributed by atoms with van der Waals surface area (Å²) in [6.07, 6.45) is 0. The number of hydrogen-bond donors (Lipinski definition) is 1. The fourth-order valence-corrected chi connectivity index (χ4v) is 1.10. The topological polar surface area (TPSA) is 26.0 Å². The molecular formula is C9H12ClF2N. The largest absolute Gasteiger partial charge is 0.330 e. The molecule has 1 aromatic rings.